The van der Waals surface area contributed by atoms with Gasteiger partial charge in [-0.2, -0.15) is 0 Å². The van der Waals surface area contributed by atoms with Crippen LogP contribution in [-0.4, -0.2) is 34.2 Å². The molecule has 1 atom stereocenters. The molecule has 0 spiro atoms. The van der Waals surface area contributed by atoms with Gasteiger partial charge in [-0.25, -0.2) is 9.59 Å². The Morgan fingerprint density at radius 1 is 1.24 bits per heavy atom. The van der Waals surface area contributed by atoms with Gasteiger partial charge in [0.1, 0.15) is 6.04 Å². The zero-order valence-corrected chi connectivity index (χ0v) is 12.4. The molecule has 0 aliphatic carbocycles. The van der Waals surface area contributed by atoms with Gasteiger partial charge in [0.15, 0.2) is 0 Å². The lowest BCUT2D eigenvalue weighted by Crippen LogP contribution is -2.45. The highest BCUT2D eigenvalue weighted by atomic mass is 32.1. The average Bonchev–Trinajstić information content (AvgIpc) is 2.88. The fourth-order valence-corrected chi connectivity index (χ4v) is 2.51. The number of carboxylic acid groups (broad SMARTS) is 2. The maximum absolute atomic E-state index is 11.6. The smallest absolute Gasteiger partial charge is 0.326 e. The van der Waals surface area contributed by atoms with E-state index in [9.17, 15) is 14.4 Å². The van der Waals surface area contributed by atoms with Crippen LogP contribution >= 0.6 is 11.3 Å². The Morgan fingerprint density at radius 3 is 2.43 bits per heavy atom. The summed E-state index contributed by atoms with van der Waals surface area (Å²) in [5, 5.41) is 22.3. The van der Waals surface area contributed by atoms with E-state index in [4.69, 9.17) is 10.2 Å². The second kappa shape index (κ2) is 8.25. The first kappa shape index (κ1) is 17.0. The molecule has 1 rings (SSSR count). The van der Waals surface area contributed by atoms with E-state index in [1.807, 2.05) is 19.1 Å². The summed E-state index contributed by atoms with van der Waals surface area (Å²) in [7, 11) is 0. The molecule has 1 heterocycles. The average molecular weight is 314 g/mol. The summed E-state index contributed by atoms with van der Waals surface area (Å²) in [5.41, 5.74) is 0. The summed E-state index contributed by atoms with van der Waals surface area (Å²) >= 11 is 1.58. The van der Waals surface area contributed by atoms with Crippen LogP contribution in [0, 0.1) is 0 Å². The van der Waals surface area contributed by atoms with E-state index in [0.717, 1.165) is 11.3 Å². The summed E-state index contributed by atoms with van der Waals surface area (Å²) in [6.45, 7) is 2.34. The van der Waals surface area contributed by atoms with Crippen molar-refractivity contribution in [1.29, 1.82) is 0 Å². The standard InChI is InChI=1S/C13H18N2O5S/c1-2-8-3-4-9(21-8)7-14-13(20)15-10(12(18)19)5-6-11(16)17/h3-4,10H,2,5-7H2,1H3,(H,16,17)(H,18,19)(H2,14,15,20)/t10-/m0/s1. The van der Waals surface area contributed by atoms with Crippen molar-refractivity contribution in [3.8, 4) is 0 Å². The van der Waals surface area contributed by atoms with E-state index in [-0.39, 0.29) is 12.8 Å². The molecule has 2 amide bonds. The Kier molecular flexibility index (Phi) is 6.67. The third-order valence-corrected chi connectivity index (χ3v) is 3.97. The van der Waals surface area contributed by atoms with Crippen molar-refractivity contribution in [3.63, 3.8) is 0 Å². The number of hydrogen-bond donors (Lipinski definition) is 4. The van der Waals surface area contributed by atoms with E-state index >= 15 is 0 Å². The molecule has 116 valence electrons. The molecule has 0 aromatic carbocycles. The van der Waals surface area contributed by atoms with Crippen molar-refractivity contribution in [2.24, 2.45) is 0 Å². The molecule has 0 aliphatic rings. The van der Waals surface area contributed by atoms with Crippen LogP contribution in [0.15, 0.2) is 12.1 Å². The second-order valence-electron chi connectivity index (χ2n) is 4.37. The Bertz CT molecular complexity index is 514. The number of thiophene rings is 1. The number of carbonyl (C=O) groups excluding carboxylic acids is 1. The lowest BCUT2D eigenvalue weighted by atomic mass is 10.1. The van der Waals surface area contributed by atoms with Crippen LogP contribution in [0.1, 0.15) is 29.5 Å². The first-order valence-corrected chi connectivity index (χ1v) is 7.30. The normalized spacial score (nSPS) is 11.7. The summed E-state index contributed by atoms with van der Waals surface area (Å²) in [6.07, 6.45) is 0.451. The number of hydrogen-bond acceptors (Lipinski definition) is 4. The van der Waals surface area contributed by atoms with Gasteiger partial charge >= 0.3 is 18.0 Å². The van der Waals surface area contributed by atoms with Crippen molar-refractivity contribution in [2.75, 3.05) is 0 Å². The molecule has 4 N–H and O–H groups in total. The molecule has 1 aromatic rings. The molecule has 0 unspecified atom stereocenters. The van der Waals surface area contributed by atoms with Gasteiger partial charge in [0, 0.05) is 16.2 Å². The monoisotopic (exact) mass is 314 g/mol. The van der Waals surface area contributed by atoms with Crippen LogP contribution in [0.3, 0.4) is 0 Å². The van der Waals surface area contributed by atoms with Crippen LogP contribution in [0.4, 0.5) is 4.79 Å². The SMILES string of the molecule is CCc1ccc(CNC(=O)N[C@@H](CCC(=O)O)C(=O)O)s1. The van der Waals surface area contributed by atoms with Crippen molar-refractivity contribution >= 4 is 29.3 Å². The molecular formula is C13H18N2O5S. The largest absolute Gasteiger partial charge is 0.481 e. The molecule has 7 nitrogen and oxygen atoms in total. The highest BCUT2D eigenvalue weighted by molar-refractivity contribution is 7.11. The second-order valence-corrected chi connectivity index (χ2v) is 5.62. The highest BCUT2D eigenvalue weighted by Crippen LogP contribution is 2.16. The van der Waals surface area contributed by atoms with Crippen LogP contribution < -0.4 is 10.6 Å². The van der Waals surface area contributed by atoms with E-state index in [1.54, 1.807) is 11.3 Å². The summed E-state index contributed by atoms with van der Waals surface area (Å²) in [4.78, 5) is 35.2. The minimum absolute atomic E-state index is 0.156. The molecule has 0 radical (unpaired) electrons. The van der Waals surface area contributed by atoms with Gasteiger partial charge in [-0.3, -0.25) is 4.79 Å². The zero-order chi connectivity index (χ0) is 15.8. The fraction of sp³-hybridized carbons (Fsp3) is 0.462. The van der Waals surface area contributed by atoms with E-state index in [1.165, 1.54) is 4.88 Å². The van der Waals surface area contributed by atoms with Crippen molar-refractivity contribution in [2.45, 2.75) is 38.8 Å². The van der Waals surface area contributed by atoms with Crippen LogP contribution in [-0.2, 0) is 22.6 Å². The molecule has 21 heavy (non-hydrogen) atoms. The fourth-order valence-electron chi connectivity index (χ4n) is 1.61. The van der Waals surface area contributed by atoms with Crippen LogP contribution in [0.2, 0.25) is 0 Å². The molecule has 0 aliphatic heterocycles. The Labute approximate surface area is 126 Å². The Balaban J connectivity index is 2.42. The van der Waals surface area contributed by atoms with Crippen LogP contribution in [0.25, 0.3) is 0 Å². The van der Waals surface area contributed by atoms with E-state index < -0.39 is 24.0 Å². The quantitative estimate of drug-likeness (QED) is 0.579. The molecule has 0 saturated carbocycles. The maximum Gasteiger partial charge on any atom is 0.326 e. The summed E-state index contributed by atoms with van der Waals surface area (Å²) < 4.78 is 0. The summed E-state index contributed by atoms with van der Waals surface area (Å²) in [6, 6.07) is 2.05. The number of urea groups is 1. The van der Waals surface area contributed by atoms with Gasteiger partial charge in [-0.05, 0) is 25.0 Å². The molecular weight excluding hydrogens is 296 g/mol. The van der Waals surface area contributed by atoms with Gasteiger partial charge in [0.25, 0.3) is 0 Å². The minimum Gasteiger partial charge on any atom is -0.481 e. The van der Waals surface area contributed by atoms with Gasteiger partial charge in [0.05, 0.1) is 6.54 Å². The molecule has 1 aromatic heterocycles. The Morgan fingerprint density at radius 2 is 1.90 bits per heavy atom. The summed E-state index contributed by atoms with van der Waals surface area (Å²) in [5.74, 6) is -2.36. The molecule has 8 heteroatoms. The van der Waals surface area contributed by atoms with Crippen molar-refractivity contribution in [3.05, 3.63) is 21.9 Å². The first-order valence-electron chi connectivity index (χ1n) is 6.49. The van der Waals surface area contributed by atoms with Gasteiger partial charge < -0.3 is 20.8 Å². The predicted octanol–water partition coefficient (Wildman–Crippen LogP) is 1.43. The van der Waals surface area contributed by atoms with Gasteiger partial charge in [-0.15, -0.1) is 11.3 Å². The zero-order valence-electron chi connectivity index (χ0n) is 11.6. The lowest BCUT2D eigenvalue weighted by Gasteiger charge is -2.13. The van der Waals surface area contributed by atoms with Crippen molar-refractivity contribution < 1.29 is 24.6 Å². The lowest BCUT2D eigenvalue weighted by molar-refractivity contribution is -0.140. The Hall–Kier alpha value is -2.09. The molecule has 0 saturated heterocycles. The first-order chi connectivity index (χ1) is 9.92. The number of carboxylic acids is 2. The van der Waals surface area contributed by atoms with Gasteiger partial charge in [-0.1, -0.05) is 6.92 Å². The highest BCUT2D eigenvalue weighted by Gasteiger charge is 2.20. The van der Waals surface area contributed by atoms with E-state index in [0.29, 0.717) is 6.54 Å². The number of nitrogens with one attached hydrogen (secondary N) is 2. The topological polar surface area (TPSA) is 116 Å². The van der Waals surface area contributed by atoms with Gasteiger partial charge in [0.2, 0.25) is 0 Å². The number of amides is 2. The number of aliphatic carboxylic acids is 2. The number of rotatable bonds is 8. The number of carbonyl (C=O) groups is 3. The molecule has 0 fully saturated rings. The maximum atomic E-state index is 11.6. The van der Waals surface area contributed by atoms with E-state index in [2.05, 4.69) is 10.6 Å². The molecule has 0 bridgehead atoms. The van der Waals surface area contributed by atoms with Crippen LogP contribution in [0.5, 0.6) is 0 Å². The third kappa shape index (κ3) is 6.26. The van der Waals surface area contributed by atoms with Crippen molar-refractivity contribution in [1.82, 2.24) is 10.6 Å². The minimum atomic E-state index is -1.25. The number of aryl methyl sites for hydroxylation is 1. The predicted molar refractivity (Wildman–Crippen MR) is 77.4 cm³/mol. The third-order valence-electron chi connectivity index (χ3n) is 2.74.